The summed E-state index contributed by atoms with van der Waals surface area (Å²) >= 11 is 9.65. The maximum atomic E-state index is 6.53. The molecule has 5 rings (SSSR count). The summed E-state index contributed by atoms with van der Waals surface area (Å²) in [6, 6.07) is 14.6. The van der Waals surface area contributed by atoms with Crippen molar-refractivity contribution in [3.05, 3.63) is 63.1 Å². The maximum absolute atomic E-state index is 6.53. The Morgan fingerprint density at radius 1 is 1.12 bits per heavy atom. The van der Waals surface area contributed by atoms with Gasteiger partial charge in [0.1, 0.15) is 5.75 Å². The molecule has 0 N–H and O–H groups in total. The fourth-order valence-corrected chi connectivity index (χ4v) is 4.83. The van der Waals surface area contributed by atoms with Gasteiger partial charge in [-0.15, -0.1) is 0 Å². The molecule has 1 atom stereocenters. The normalized spacial score (nSPS) is 23.2. The van der Waals surface area contributed by atoms with Gasteiger partial charge in [0, 0.05) is 34.3 Å². The average Bonchev–Trinajstić information content (AvgIpc) is 3.25. The third kappa shape index (κ3) is 2.49. The van der Waals surface area contributed by atoms with E-state index in [4.69, 9.17) is 21.4 Å². The van der Waals surface area contributed by atoms with Gasteiger partial charge in [0.05, 0.1) is 11.8 Å². The van der Waals surface area contributed by atoms with Gasteiger partial charge in [-0.25, -0.2) is 5.01 Å². The van der Waals surface area contributed by atoms with Crippen LogP contribution in [0.25, 0.3) is 0 Å². The topological polar surface area (TPSA) is 24.8 Å². The van der Waals surface area contributed by atoms with Crippen LogP contribution >= 0.6 is 27.5 Å². The molecule has 0 aromatic heterocycles. The quantitative estimate of drug-likeness (QED) is 0.575. The largest absolute Gasteiger partial charge is 0.466 e. The molecule has 1 saturated carbocycles. The van der Waals surface area contributed by atoms with Crippen LogP contribution in [0.4, 0.5) is 0 Å². The predicted molar refractivity (Wildman–Crippen MR) is 103 cm³/mol. The van der Waals surface area contributed by atoms with Crippen LogP contribution in [0.3, 0.4) is 0 Å². The zero-order chi connectivity index (χ0) is 17.0. The number of nitrogens with zero attached hydrogens (tertiary/aromatic N) is 2. The van der Waals surface area contributed by atoms with Gasteiger partial charge in [-0.3, -0.25) is 0 Å². The number of hydrogen-bond donors (Lipinski definition) is 0. The minimum absolute atomic E-state index is 0.241. The van der Waals surface area contributed by atoms with Crippen molar-refractivity contribution < 1.29 is 4.74 Å². The molecule has 1 spiro atoms. The number of rotatable bonds is 1. The SMILES string of the molecule is Clc1ccc(C2=NN3[C@@H](C2)c2cc(Br)ccc2OC32CCCC2)cc1. The van der Waals surface area contributed by atoms with E-state index in [2.05, 4.69) is 51.3 Å². The van der Waals surface area contributed by atoms with E-state index in [0.717, 1.165) is 45.8 Å². The van der Waals surface area contributed by atoms with Crippen LogP contribution in [0.2, 0.25) is 5.02 Å². The summed E-state index contributed by atoms with van der Waals surface area (Å²) in [6.45, 7) is 0. The lowest BCUT2D eigenvalue weighted by Gasteiger charge is -2.45. The number of hydrogen-bond acceptors (Lipinski definition) is 3. The van der Waals surface area contributed by atoms with Gasteiger partial charge in [-0.2, -0.15) is 5.10 Å². The summed E-state index contributed by atoms with van der Waals surface area (Å²) in [6.07, 6.45) is 5.37. The van der Waals surface area contributed by atoms with E-state index in [0.29, 0.717) is 0 Å². The first-order valence-corrected chi connectivity index (χ1v) is 9.93. The summed E-state index contributed by atoms with van der Waals surface area (Å²) in [5.41, 5.74) is 3.20. The lowest BCUT2D eigenvalue weighted by Crippen LogP contribution is -2.51. The lowest BCUT2D eigenvalue weighted by molar-refractivity contribution is -0.114. The number of fused-ring (bicyclic) bond motifs is 4. The van der Waals surface area contributed by atoms with E-state index in [1.165, 1.54) is 18.4 Å². The Balaban J connectivity index is 1.60. The molecule has 1 fully saturated rings. The second-order valence-corrected chi connectivity index (χ2v) is 8.41. The van der Waals surface area contributed by atoms with Crippen LogP contribution in [-0.2, 0) is 0 Å². The number of ether oxygens (including phenoxy) is 1. The summed E-state index contributed by atoms with van der Waals surface area (Å²) < 4.78 is 7.61. The molecule has 0 radical (unpaired) electrons. The third-order valence-corrected chi connectivity index (χ3v) is 6.27. The van der Waals surface area contributed by atoms with Crippen molar-refractivity contribution in [2.24, 2.45) is 5.10 Å². The first-order valence-electron chi connectivity index (χ1n) is 8.76. The van der Waals surface area contributed by atoms with Gasteiger partial charge in [0.25, 0.3) is 0 Å². The van der Waals surface area contributed by atoms with Crippen LogP contribution in [0.1, 0.15) is 49.3 Å². The number of halogens is 2. The van der Waals surface area contributed by atoms with E-state index in [1.54, 1.807) is 0 Å². The minimum Gasteiger partial charge on any atom is -0.466 e. The Morgan fingerprint density at radius 2 is 1.88 bits per heavy atom. The van der Waals surface area contributed by atoms with E-state index in [-0.39, 0.29) is 11.8 Å². The summed E-state index contributed by atoms with van der Waals surface area (Å²) in [4.78, 5) is 0. The zero-order valence-corrected chi connectivity index (χ0v) is 16.1. The fourth-order valence-electron chi connectivity index (χ4n) is 4.33. The van der Waals surface area contributed by atoms with Crippen LogP contribution in [0.15, 0.2) is 52.0 Å². The zero-order valence-electron chi connectivity index (χ0n) is 13.7. The highest BCUT2D eigenvalue weighted by Gasteiger charge is 2.51. The van der Waals surface area contributed by atoms with Gasteiger partial charge in [0.2, 0.25) is 0 Å². The van der Waals surface area contributed by atoms with Gasteiger partial charge < -0.3 is 4.74 Å². The second-order valence-electron chi connectivity index (χ2n) is 7.06. The van der Waals surface area contributed by atoms with Crippen LogP contribution in [-0.4, -0.2) is 16.4 Å². The molecule has 1 aliphatic carbocycles. The Hall–Kier alpha value is -1.52. The Kier molecular flexibility index (Phi) is 3.61. The van der Waals surface area contributed by atoms with Gasteiger partial charge in [0.15, 0.2) is 5.72 Å². The first kappa shape index (κ1) is 15.7. The molecule has 0 saturated heterocycles. The summed E-state index contributed by atoms with van der Waals surface area (Å²) in [5, 5.41) is 8.04. The molecule has 0 bridgehead atoms. The smallest absolute Gasteiger partial charge is 0.198 e. The average molecular weight is 418 g/mol. The number of hydrazone groups is 1. The lowest BCUT2D eigenvalue weighted by atomic mass is 9.94. The molecule has 25 heavy (non-hydrogen) atoms. The molecule has 2 heterocycles. The Labute approximate surface area is 160 Å². The molecule has 5 heteroatoms. The van der Waals surface area contributed by atoms with Gasteiger partial charge in [-0.05, 0) is 48.7 Å². The molecule has 3 aliphatic rings. The van der Waals surface area contributed by atoms with Crippen LogP contribution in [0, 0.1) is 0 Å². The van der Waals surface area contributed by atoms with Crippen LogP contribution < -0.4 is 4.74 Å². The predicted octanol–water partition coefficient (Wildman–Crippen LogP) is 5.92. The molecule has 0 amide bonds. The highest BCUT2D eigenvalue weighted by Crippen LogP contribution is 2.52. The molecule has 2 aromatic carbocycles. The highest BCUT2D eigenvalue weighted by atomic mass is 79.9. The van der Waals surface area contributed by atoms with Crippen molar-refractivity contribution in [3.63, 3.8) is 0 Å². The fraction of sp³-hybridized carbons (Fsp3) is 0.350. The second kappa shape index (κ2) is 5.75. The van der Waals surface area contributed by atoms with Crippen molar-refractivity contribution in [3.8, 4) is 5.75 Å². The summed E-state index contributed by atoms with van der Waals surface area (Å²) in [5.74, 6) is 1.01. The molecular formula is C20H18BrClN2O. The van der Waals surface area contributed by atoms with E-state index in [1.807, 2.05) is 12.1 Å². The molecule has 2 aliphatic heterocycles. The van der Waals surface area contributed by atoms with Crippen LogP contribution in [0.5, 0.6) is 5.75 Å². The Bertz CT molecular complexity index is 858. The minimum atomic E-state index is -0.278. The summed E-state index contributed by atoms with van der Waals surface area (Å²) in [7, 11) is 0. The van der Waals surface area contributed by atoms with Crippen molar-refractivity contribution >= 4 is 33.2 Å². The van der Waals surface area contributed by atoms with Crippen molar-refractivity contribution in [1.29, 1.82) is 0 Å². The highest BCUT2D eigenvalue weighted by molar-refractivity contribution is 9.10. The van der Waals surface area contributed by atoms with Crippen molar-refractivity contribution in [2.45, 2.75) is 43.9 Å². The monoisotopic (exact) mass is 416 g/mol. The third-order valence-electron chi connectivity index (χ3n) is 5.52. The molecule has 128 valence electrons. The van der Waals surface area contributed by atoms with E-state index < -0.39 is 0 Å². The molecule has 0 unspecified atom stereocenters. The molecule has 2 aromatic rings. The van der Waals surface area contributed by atoms with E-state index in [9.17, 15) is 0 Å². The first-order chi connectivity index (χ1) is 12.1. The van der Waals surface area contributed by atoms with E-state index >= 15 is 0 Å². The number of benzene rings is 2. The standard InChI is InChI=1S/C20H18BrClN2O/c21-14-5-8-19-16(11-14)18-12-17(13-3-6-15(22)7-4-13)23-24(18)20(25-19)9-1-2-10-20/h3-8,11,18H,1-2,9-10,12H2/t18-/m0/s1. The Morgan fingerprint density at radius 3 is 2.64 bits per heavy atom. The maximum Gasteiger partial charge on any atom is 0.198 e. The van der Waals surface area contributed by atoms with Crippen molar-refractivity contribution in [2.75, 3.05) is 0 Å². The van der Waals surface area contributed by atoms with Crippen molar-refractivity contribution in [1.82, 2.24) is 5.01 Å². The molecular weight excluding hydrogens is 400 g/mol. The van der Waals surface area contributed by atoms with Gasteiger partial charge >= 0.3 is 0 Å². The molecule has 3 nitrogen and oxygen atoms in total. The van der Waals surface area contributed by atoms with Gasteiger partial charge in [-0.1, -0.05) is 39.7 Å².